The number of nitrogens with one attached hydrogen (secondary N) is 2. The van der Waals surface area contributed by atoms with Crippen LogP contribution in [-0.2, 0) is 28.7 Å². The first-order chi connectivity index (χ1) is 18.7. The highest BCUT2D eigenvalue weighted by atomic mass is 32.2. The molecular formula is C24H25N5O8S2. The number of phenolic OH excluding ortho intramolecular Hbond substituents is 1. The number of piperazine rings is 1. The quantitative estimate of drug-likeness (QED) is 0.242. The van der Waals surface area contributed by atoms with Crippen LogP contribution in [0.2, 0.25) is 0 Å². The minimum absolute atomic E-state index is 0.0471. The van der Waals surface area contributed by atoms with Crippen molar-refractivity contribution in [2.75, 3.05) is 37.7 Å². The number of benzene rings is 1. The van der Waals surface area contributed by atoms with Crippen molar-refractivity contribution >= 4 is 59.2 Å². The summed E-state index contributed by atoms with van der Waals surface area (Å²) in [6.07, 6.45) is 0. The maximum Gasteiger partial charge on any atom is 0.355 e. The van der Waals surface area contributed by atoms with Crippen LogP contribution in [0.3, 0.4) is 0 Å². The predicted octanol–water partition coefficient (Wildman–Crippen LogP) is -0.265. The van der Waals surface area contributed by atoms with E-state index in [1.165, 1.54) is 57.6 Å². The van der Waals surface area contributed by atoms with Crippen molar-refractivity contribution in [3.05, 3.63) is 40.4 Å². The van der Waals surface area contributed by atoms with Gasteiger partial charge in [0.25, 0.3) is 5.91 Å². The van der Waals surface area contributed by atoms with Gasteiger partial charge in [-0.05, 0) is 24.6 Å². The number of esters is 1. The number of cyclic esters (lactones) is 1. The third-order valence-corrected chi connectivity index (χ3v) is 9.23. The fourth-order valence-corrected chi connectivity index (χ4v) is 7.10. The van der Waals surface area contributed by atoms with E-state index in [2.05, 4.69) is 10.6 Å². The lowest BCUT2D eigenvalue weighted by Gasteiger charge is -2.49. The number of hydrogen-bond donors (Lipinski definition) is 3. The number of likely N-dealkylation sites (N-methyl/N-ethyl adjacent to an activating group) is 1. The highest BCUT2D eigenvalue weighted by Crippen LogP contribution is 2.44. The lowest BCUT2D eigenvalue weighted by molar-refractivity contribution is -0.153. The number of ether oxygens (including phenoxy) is 1. The number of phenols is 1. The Morgan fingerprint density at radius 2 is 1.87 bits per heavy atom. The van der Waals surface area contributed by atoms with Gasteiger partial charge in [0.15, 0.2) is 0 Å². The fraction of sp³-hybridized carbons (Fsp3) is 0.417. The summed E-state index contributed by atoms with van der Waals surface area (Å²) in [7, 11) is 0. The number of carbonyl (C=O) groups is 6. The molecule has 2 saturated heterocycles. The van der Waals surface area contributed by atoms with E-state index in [0.29, 0.717) is 18.1 Å². The molecule has 0 saturated carbocycles. The second kappa shape index (κ2) is 10.8. The van der Waals surface area contributed by atoms with Gasteiger partial charge in [-0.25, -0.2) is 9.59 Å². The van der Waals surface area contributed by atoms with Gasteiger partial charge in [-0.15, -0.1) is 23.5 Å². The van der Waals surface area contributed by atoms with Crippen molar-refractivity contribution in [2.45, 2.75) is 24.4 Å². The molecule has 1 aromatic carbocycles. The van der Waals surface area contributed by atoms with E-state index >= 15 is 0 Å². The number of fused-ring (bicyclic) bond motifs is 2. The first-order valence-electron chi connectivity index (χ1n) is 12.2. The van der Waals surface area contributed by atoms with E-state index < -0.39 is 53.1 Å². The van der Waals surface area contributed by atoms with E-state index in [-0.39, 0.29) is 36.7 Å². The van der Waals surface area contributed by atoms with E-state index in [0.717, 1.165) is 9.81 Å². The van der Waals surface area contributed by atoms with Crippen molar-refractivity contribution in [2.24, 2.45) is 0 Å². The Morgan fingerprint density at radius 1 is 1.13 bits per heavy atom. The predicted molar refractivity (Wildman–Crippen MR) is 139 cm³/mol. The molecule has 6 amide bonds. The Hall–Kier alpha value is -3.72. The Labute approximate surface area is 231 Å². The first kappa shape index (κ1) is 26.9. The molecule has 0 aromatic heterocycles. The van der Waals surface area contributed by atoms with Gasteiger partial charge in [-0.2, -0.15) is 0 Å². The summed E-state index contributed by atoms with van der Waals surface area (Å²) in [5, 5.41) is 14.3. The summed E-state index contributed by atoms with van der Waals surface area (Å²) in [5.74, 6) is -2.62. The average molecular weight is 576 g/mol. The van der Waals surface area contributed by atoms with Gasteiger partial charge in [0, 0.05) is 36.0 Å². The number of carbonyl (C=O) groups excluding carboxylic acids is 6. The molecule has 4 aliphatic heterocycles. The van der Waals surface area contributed by atoms with Crippen LogP contribution in [0.15, 0.2) is 34.9 Å². The van der Waals surface area contributed by atoms with Crippen LogP contribution in [0.5, 0.6) is 5.75 Å². The number of rotatable bonds is 5. The molecule has 0 bridgehead atoms. The molecule has 0 aliphatic carbocycles. The second-order valence-corrected chi connectivity index (χ2v) is 11.3. The molecular weight excluding hydrogens is 550 g/mol. The molecule has 2 fully saturated rings. The molecule has 3 N–H and O–H groups in total. The molecule has 0 radical (unpaired) electrons. The van der Waals surface area contributed by atoms with Gasteiger partial charge in [-0.1, -0.05) is 12.1 Å². The van der Waals surface area contributed by atoms with Crippen LogP contribution in [0.1, 0.15) is 18.5 Å². The molecule has 206 valence electrons. The minimum Gasteiger partial charge on any atom is -0.508 e. The number of urea groups is 1. The average Bonchev–Trinajstić information content (AvgIpc) is 3.12. The van der Waals surface area contributed by atoms with Gasteiger partial charge in [-0.3, -0.25) is 29.0 Å². The maximum absolute atomic E-state index is 13.5. The van der Waals surface area contributed by atoms with Crippen molar-refractivity contribution < 1.29 is 38.6 Å². The summed E-state index contributed by atoms with van der Waals surface area (Å²) >= 11 is 2.86. The SMILES string of the molecule is CCN1CCN(C(=O)N[C@@H](C(=O)N[C@@H]2C(=O)N3C4=C(CS[C@H]23)SCCOC4=O)c2ccc(O)cc2)C(=O)C1=O. The maximum atomic E-state index is 13.5. The molecule has 4 heterocycles. The second-order valence-electron chi connectivity index (χ2n) is 8.97. The molecule has 3 atom stereocenters. The Bertz CT molecular complexity index is 1290. The van der Waals surface area contributed by atoms with E-state index in [1.807, 2.05) is 0 Å². The first-order valence-corrected chi connectivity index (χ1v) is 14.2. The molecule has 1 aromatic rings. The Balaban J connectivity index is 1.33. The monoisotopic (exact) mass is 575 g/mol. The molecule has 0 spiro atoms. The van der Waals surface area contributed by atoms with E-state index in [1.54, 1.807) is 6.92 Å². The van der Waals surface area contributed by atoms with Crippen LogP contribution in [0.4, 0.5) is 4.79 Å². The largest absolute Gasteiger partial charge is 0.508 e. The van der Waals surface area contributed by atoms with Gasteiger partial charge in [0.2, 0.25) is 5.91 Å². The van der Waals surface area contributed by atoms with Crippen LogP contribution < -0.4 is 10.6 Å². The van der Waals surface area contributed by atoms with E-state index in [9.17, 15) is 33.9 Å². The number of β-lactam (4-membered cyclic amide) rings is 1. The number of aromatic hydroxyl groups is 1. The van der Waals surface area contributed by atoms with Crippen molar-refractivity contribution in [1.29, 1.82) is 0 Å². The lowest BCUT2D eigenvalue weighted by Crippen LogP contribution is -2.71. The van der Waals surface area contributed by atoms with Gasteiger partial charge >= 0.3 is 23.8 Å². The topological polar surface area (TPSA) is 166 Å². The smallest absolute Gasteiger partial charge is 0.355 e. The number of hydrogen-bond acceptors (Lipinski definition) is 10. The van der Waals surface area contributed by atoms with Gasteiger partial charge < -0.3 is 25.4 Å². The summed E-state index contributed by atoms with van der Waals surface area (Å²) in [6.45, 7) is 2.39. The van der Waals surface area contributed by atoms with Crippen LogP contribution in [0.25, 0.3) is 0 Å². The van der Waals surface area contributed by atoms with Crippen molar-refractivity contribution in [3.8, 4) is 5.75 Å². The number of imide groups is 1. The third-order valence-electron chi connectivity index (χ3n) is 6.71. The third kappa shape index (κ3) is 4.91. The normalized spacial score (nSPS) is 23.8. The van der Waals surface area contributed by atoms with Crippen molar-refractivity contribution in [3.63, 3.8) is 0 Å². The zero-order valence-corrected chi connectivity index (χ0v) is 22.4. The highest BCUT2D eigenvalue weighted by Gasteiger charge is 2.55. The molecule has 13 nitrogen and oxygen atoms in total. The fourth-order valence-electron chi connectivity index (χ4n) is 4.63. The number of thioether (sulfide) groups is 2. The van der Waals surface area contributed by atoms with E-state index in [4.69, 9.17) is 4.74 Å². The summed E-state index contributed by atoms with van der Waals surface area (Å²) in [5.41, 5.74) is 0.479. The lowest BCUT2D eigenvalue weighted by atomic mass is 10.0. The molecule has 39 heavy (non-hydrogen) atoms. The molecule has 4 aliphatic rings. The van der Waals surface area contributed by atoms with Crippen LogP contribution in [-0.4, -0.2) is 105 Å². The summed E-state index contributed by atoms with van der Waals surface area (Å²) in [6, 6.07) is 2.22. The highest BCUT2D eigenvalue weighted by molar-refractivity contribution is 8.06. The van der Waals surface area contributed by atoms with Crippen LogP contribution >= 0.6 is 23.5 Å². The standard InChI is InChI=1S/C24H25N5O8S2/c1-2-27-7-8-28(21(34)20(27)33)24(36)26-15(12-3-5-13(30)6-4-12)18(31)25-16-19(32)29-17-14(11-39-22(16)29)38-10-9-37-23(17)35/h3-6,15-16,22,30H,2,7-11H2,1H3,(H,25,31)(H,26,36)/t15-,16-,22-/m1/s1. The zero-order chi connectivity index (χ0) is 27.8. The molecule has 15 heteroatoms. The minimum atomic E-state index is -1.35. The zero-order valence-electron chi connectivity index (χ0n) is 20.7. The Kier molecular flexibility index (Phi) is 7.44. The molecule has 5 rings (SSSR count). The number of amides is 6. The van der Waals surface area contributed by atoms with Gasteiger partial charge in [0.1, 0.15) is 35.5 Å². The van der Waals surface area contributed by atoms with Crippen molar-refractivity contribution in [1.82, 2.24) is 25.3 Å². The summed E-state index contributed by atoms with van der Waals surface area (Å²) < 4.78 is 5.19. The Morgan fingerprint density at radius 3 is 2.59 bits per heavy atom. The number of nitrogens with zero attached hydrogens (tertiary/aromatic N) is 3. The summed E-state index contributed by atoms with van der Waals surface area (Å²) in [4.78, 5) is 81.0. The van der Waals surface area contributed by atoms with Gasteiger partial charge in [0.05, 0.1) is 0 Å². The van der Waals surface area contributed by atoms with Crippen LogP contribution in [0, 0.1) is 0 Å². The molecule has 0 unspecified atom stereocenters.